The zero-order valence-electron chi connectivity index (χ0n) is 13.6. The van der Waals surface area contributed by atoms with Crippen LogP contribution in [0, 0.1) is 0 Å². The number of hydrogen-bond donors (Lipinski definition) is 1. The number of anilines is 2. The van der Waals surface area contributed by atoms with Crippen molar-refractivity contribution < 1.29 is 4.74 Å². The van der Waals surface area contributed by atoms with Crippen LogP contribution in [-0.4, -0.2) is 58.4 Å². The van der Waals surface area contributed by atoms with Gasteiger partial charge >= 0.3 is 0 Å². The highest BCUT2D eigenvalue weighted by Gasteiger charge is 2.13. The Morgan fingerprint density at radius 2 is 1.90 bits per heavy atom. The van der Waals surface area contributed by atoms with Crippen molar-refractivity contribution >= 4 is 11.4 Å². The van der Waals surface area contributed by atoms with E-state index in [2.05, 4.69) is 60.5 Å². The Morgan fingerprint density at radius 3 is 2.62 bits per heavy atom. The SMILES string of the molecule is CN(C)CCCN(C)c1cccc(NC2CCOCC2)c1. The van der Waals surface area contributed by atoms with Crippen molar-refractivity contribution in [1.29, 1.82) is 0 Å². The van der Waals surface area contributed by atoms with Crippen LogP contribution in [0.25, 0.3) is 0 Å². The molecule has 1 aliphatic rings. The van der Waals surface area contributed by atoms with Gasteiger partial charge in [0.25, 0.3) is 0 Å². The van der Waals surface area contributed by atoms with Crippen molar-refractivity contribution in [3.05, 3.63) is 24.3 Å². The molecular weight excluding hydrogens is 262 g/mol. The quantitative estimate of drug-likeness (QED) is 0.836. The highest BCUT2D eigenvalue weighted by molar-refractivity contribution is 5.58. The molecule has 21 heavy (non-hydrogen) atoms. The van der Waals surface area contributed by atoms with E-state index >= 15 is 0 Å². The largest absolute Gasteiger partial charge is 0.382 e. The Labute approximate surface area is 129 Å². The molecule has 1 aromatic carbocycles. The molecule has 2 rings (SSSR count). The van der Waals surface area contributed by atoms with Crippen LogP contribution in [-0.2, 0) is 4.74 Å². The van der Waals surface area contributed by atoms with E-state index in [-0.39, 0.29) is 0 Å². The van der Waals surface area contributed by atoms with Crippen LogP contribution >= 0.6 is 0 Å². The summed E-state index contributed by atoms with van der Waals surface area (Å²) in [7, 11) is 6.42. The second-order valence-corrected chi connectivity index (χ2v) is 6.16. The number of nitrogens with one attached hydrogen (secondary N) is 1. The molecule has 0 radical (unpaired) electrons. The molecule has 0 spiro atoms. The first kappa shape index (κ1) is 16.1. The third-order valence-corrected chi connectivity index (χ3v) is 3.98. The van der Waals surface area contributed by atoms with E-state index in [0.717, 1.165) is 39.1 Å². The van der Waals surface area contributed by atoms with Gasteiger partial charge in [-0.1, -0.05) is 6.07 Å². The molecule has 1 aromatic rings. The van der Waals surface area contributed by atoms with E-state index in [0.29, 0.717) is 6.04 Å². The molecule has 1 aliphatic heterocycles. The average molecular weight is 291 g/mol. The minimum Gasteiger partial charge on any atom is -0.382 e. The summed E-state index contributed by atoms with van der Waals surface area (Å²) < 4.78 is 5.41. The van der Waals surface area contributed by atoms with Crippen molar-refractivity contribution in [3.63, 3.8) is 0 Å². The fourth-order valence-corrected chi connectivity index (χ4v) is 2.66. The molecular formula is C17H29N3O. The van der Waals surface area contributed by atoms with E-state index in [9.17, 15) is 0 Å². The minimum absolute atomic E-state index is 0.549. The van der Waals surface area contributed by atoms with Gasteiger partial charge in [-0.2, -0.15) is 0 Å². The lowest BCUT2D eigenvalue weighted by molar-refractivity contribution is 0.0904. The maximum atomic E-state index is 5.41. The molecule has 4 heteroatoms. The average Bonchev–Trinajstić information content (AvgIpc) is 2.48. The van der Waals surface area contributed by atoms with E-state index in [1.54, 1.807) is 0 Å². The first-order valence-corrected chi connectivity index (χ1v) is 7.95. The van der Waals surface area contributed by atoms with E-state index < -0.39 is 0 Å². The molecule has 0 aromatic heterocycles. The molecule has 1 heterocycles. The monoisotopic (exact) mass is 291 g/mol. The molecule has 118 valence electrons. The van der Waals surface area contributed by atoms with Gasteiger partial charge < -0.3 is 19.9 Å². The molecule has 0 saturated carbocycles. The fourth-order valence-electron chi connectivity index (χ4n) is 2.66. The zero-order valence-corrected chi connectivity index (χ0v) is 13.6. The maximum Gasteiger partial charge on any atom is 0.0485 e. The number of ether oxygens (including phenoxy) is 1. The van der Waals surface area contributed by atoms with Crippen LogP contribution in [0.3, 0.4) is 0 Å². The minimum atomic E-state index is 0.549. The zero-order chi connectivity index (χ0) is 15.1. The Morgan fingerprint density at radius 1 is 1.14 bits per heavy atom. The summed E-state index contributed by atoms with van der Waals surface area (Å²) >= 11 is 0. The van der Waals surface area contributed by atoms with Gasteiger partial charge in [-0.3, -0.25) is 0 Å². The van der Waals surface area contributed by atoms with E-state index in [1.165, 1.54) is 17.8 Å². The summed E-state index contributed by atoms with van der Waals surface area (Å²) in [4.78, 5) is 4.57. The van der Waals surface area contributed by atoms with Gasteiger partial charge in [0.2, 0.25) is 0 Å². The van der Waals surface area contributed by atoms with Crippen LogP contribution in [0.5, 0.6) is 0 Å². The smallest absolute Gasteiger partial charge is 0.0485 e. The molecule has 1 fully saturated rings. The molecule has 0 bridgehead atoms. The summed E-state index contributed by atoms with van der Waals surface area (Å²) in [5, 5.41) is 3.64. The summed E-state index contributed by atoms with van der Waals surface area (Å²) in [6.45, 7) is 3.97. The van der Waals surface area contributed by atoms with Crippen LogP contribution < -0.4 is 10.2 Å². The van der Waals surface area contributed by atoms with Crippen LogP contribution in [0.1, 0.15) is 19.3 Å². The molecule has 0 amide bonds. The predicted octanol–water partition coefficient (Wildman–Crippen LogP) is 2.67. The van der Waals surface area contributed by atoms with Gasteiger partial charge in [0.15, 0.2) is 0 Å². The summed E-state index contributed by atoms with van der Waals surface area (Å²) in [5.74, 6) is 0. The number of hydrogen-bond acceptors (Lipinski definition) is 4. The fraction of sp³-hybridized carbons (Fsp3) is 0.647. The Hall–Kier alpha value is -1.26. The standard InChI is InChI=1S/C17H29N3O/c1-19(2)10-5-11-20(3)17-7-4-6-16(14-17)18-15-8-12-21-13-9-15/h4,6-7,14-15,18H,5,8-13H2,1-3H3. The Kier molecular flexibility index (Phi) is 6.33. The van der Waals surface area contributed by atoms with Gasteiger partial charge in [-0.15, -0.1) is 0 Å². The third kappa shape index (κ3) is 5.56. The maximum absolute atomic E-state index is 5.41. The second kappa shape index (κ2) is 8.25. The molecule has 1 saturated heterocycles. The van der Waals surface area contributed by atoms with Gasteiger partial charge in [0.05, 0.1) is 0 Å². The summed E-state index contributed by atoms with van der Waals surface area (Å²) in [6, 6.07) is 9.29. The number of rotatable bonds is 7. The lowest BCUT2D eigenvalue weighted by atomic mass is 10.1. The van der Waals surface area contributed by atoms with Crippen molar-refractivity contribution in [2.24, 2.45) is 0 Å². The van der Waals surface area contributed by atoms with Gasteiger partial charge in [0.1, 0.15) is 0 Å². The van der Waals surface area contributed by atoms with Gasteiger partial charge in [0, 0.05) is 44.2 Å². The summed E-state index contributed by atoms with van der Waals surface area (Å²) in [6.07, 6.45) is 3.38. The first-order valence-electron chi connectivity index (χ1n) is 7.95. The van der Waals surface area contributed by atoms with Crippen molar-refractivity contribution in [2.45, 2.75) is 25.3 Å². The molecule has 0 atom stereocenters. The molecule has 0 aliphatic carbocycles. The summed E-state index contributed by atoms with van der Waals surface area (Å²) in [5.41, 5.74) is 2.50. The van der Waals surface area contributed by atoms with Crippen molar-refractivity contribution in [2.75, 3.05) is 57.7 Å². The lowest BCUT2D eigenvalue weighted by Gasteiger charge is -2.25. The first-order chi connectivity index (χ1) is 10.1. The highest BCUT2D eigenvalue weighted by Crippen LogP contribution is 2.21. The lowest BCUT2D eigenvalue weighted by Crippen LogP contribution is -2.28. The third-order valence-electron chi connectivity index (χ3n) is 3.98. The van der Waals surface area contributed by atoms with E-state index in [4.69, 9.17) is 4.74 Å². The topological polar surface area (TPSA) is 27.7 Å². The predicted molar refractivity (Wildman–Crippen MR) is 90.3 cm³/mol. The van der Waals surface area contributed by atoms with Crippen molar-refractivity contribution in [3.8, 4) is 0 Å². The molecule has 1 N–H and O–H groups in total. The molecule has 4 nitrogen and oxygen atoms in total. The molecule has 0 unspecified atom stereocenters. The van der Waals surface area contributed by atoms with Crippen molar-refractivity contribution in [1.82, 2.24) is 4.90 Å². The van der Waals surface area contributed by atoms with E-state index in [1.807, 2.05) is 0 Å². The Balaban J connectivity index is 1.87. The normalized spacial score (nSPS) is 16.2. The Bertz CT molecular complexity index is 416. The van der Waals surface area contributed by atoms with Crippen LogP contribution in [0.2, 0.25) is 0 Å². The number of nitrogens with zero attached hydrogens (tertiary/aromatic N) is 2. The van der Waals surface area contributed by atoms with Crippen LogP contribution in [0.4, 0.5) is 11.4 Å². The van der Waals surface area contributed by atoms with Crippen LogP contribution in [0.15, 0.2) is 24.3 Å². The highest BCUT2D eigenvalue weighted by atomic mass is 16.5. The van der Waals surface area contributed by atoms with Gasteiger partial charge in [-0.25, -0.2) is 0 Å². The second-order valence-electron chi connectivity index (χ2n) is 6.16. The van der Waals surface area contributed by atoms with Gasteiger partial charge in [-0.05, 0) is 58.1 Å². The number of benzene rings is 1.